The van der Waals surface area contributed by atoms with E-state index in [0.717, 1.165) is 21.4 Å². The molecule has 0 saturated heterocycles. The number of hydrogen-bond acceptors (Lipinski definition) is 5. The van der Waals surface area contributed by atoms with Crippen LogP contribution < -0.4 is 0 Å². The molecule has 0 saturated carbocycles. The van der Waals surface area contributed by atoms with Gasteiger partial charge < -0.3 is 4.57 Å². The van der Waals surface area contributed by atoms with Crippen LogP contribution in [0.3, 0.4) is 0 Å². The summed E-state index contributed by atoms with van der Waals surface area (Å²) in [7, 11) is 1.94. The maximum absolute atomic E-state index is 9.46. The Morgan fingerprint density at radius 1 is 1.26 bits per heavy atom. The molecule has 0 radical (unpaired) electrons. The quantitative estimate of drug-likeness (QED) is 0.657. The number of aryl methyl sites for hydroxylation is 1. The van der Waals surface area contributed by atoms with Crippen LogP contribution >= 0.6 is 23.1 Å². The van der Waals surface area contributed by atoms with Crippen LogP contribution in [0.2, 0.25) is 0 Å². The van der Waals surface area contributed by atoms with E-state index in [1.54, 1.807) is 11.3 Å². The van der Waals surface area contributed by atoms with E-state index in [0.29, 0.717) is 6.42 Å². The van der Waals surface area contributed by atoms with Crippen molar-refractivity contribution in [3.8, 4) is 16.8 Å². The highest BCUT2D eigenvalue weighted by Crippen LogP contribution is 2.29. The summed E-state index contributed by atoms with van der Waals surface area (Å²) in [5.74, 6) is 0.842. The van der Waals surface area contributed by atoms with Gasteiger partial charge in [0.2, 0.25) is 0 Å². The van der Waals surface area contributed by atoms with Gasteiger partial charge in [0, 0.05) is 7.05 Å². The minimum atomic E-state index is -0.184. The minimum absolute atomic E-state index is 0.184. The third-order valence-electron chi connectivity index (χ3n) is 3.51. The Labute approximate surface area is 143 Å². The fourth-order valence-corrected chi connectivity index (χ4v) is 3.88. The third kappa shape index (κ3) is 3.63. The van der Waals surface area contributed by atoms with Gasteiger partial charge in [-0.3, -0.25) is 0 Å². The molecule has 116 valence electrons. The van der Waals surface area contributed by atoms with Gasteiger partial charge >= 0.3 is 0 Å². The van der Waals surface area contributed by atoms with Crippen molar-refractivity contribution in [2.24, 2.45) is 7.05 Å². The fraction of sp³-hybridized carbons (Fsp3) is 0.235. The highest BCUT2D eigenvalue weighted by molar-refractivity contribution is 8.00. The first-order valence-corrected chi connectivity index (χ1v) is 8.98. The Morgan fingerprint density at radius 2 is 2.04 bits per heavy atom. The van der Waals surface area contributed by atoms with Crippen LogP contribution in [0.5, 0.6) is 0 Å². The molecule has 23 heavy (non-hydrogen) atoms. The first-order valence-electron chi connectivity index (χ1n) is 7.22. The summed E-state index contributed by atoms with van der Waals surface area (Å²) >= 11 is 3.10. The molecule has 0 spiro atoms. The van der Waals surface area contributed by atoms with Crippen molar-refractivity contribution in [2.45, 2.75) is 23.8 Å². The second-order valence-corrected chi connectivity index (χ2v) is 7.39. The zero-order valence-electron chi connectivity index (χ0n) is 12.9. The van der Waals surface area contributed by atoms with Gasteiger partial charge in [-0.15, -0.1) is 21.5 Å². The number of thiophene rings is 1. The highest BCUT2D eigenvalue weighted by atomic mass is 32.2. The first kappa shape index (κ1) is 15.8. The lowest BCUT2D eigenvalue weighted by Crippen LogP contribution is -2.06. The van der Waals surface area contributed by atoms with Gasteiger partial charge in [-0.05, 0) is 30.4 Å². The standard InChI is InChI=1S/C17H16N4S2/c1-12-5-7-13(8-6-12)10-14(11-18)23-17-20-19-16(21(17)2)15-4-3-9-22-15/h3-9,14H,10H2,1-2H3/t14-/m0/s1. The molecule has 4 nitrogen and oxygen atoms in total. The van der Waals surface area contributed by atoms with Crippen LogP contribution in [-0.2, 0) is 13.5 Å². The van der Waals surface area contributed by atoms with Crippen molar-refractivity contribution in [3.63, 3.8) is 0 Å². The van der Waals surface area contributed by atoms with Gasteiger partial charge in [-0.25, -0.2) is 0 Å². The van der Waals surface area contributed by atoms with E-state index in [1.807, 2.05) is 29.1 Å². The van der Waals surface area contributed by atoms with Gasteiger partial charge in [0.15, 0.2) is 11.0 Å². The molecule has 0 aliphatic heterocycles. The third-order valence-corrected chi connectivity index (χ3v) is 5.50. The second-order valence-electron chi connectivity index (χ2n) is 5.27. The van der Waals surface area contributed by atoms with Crippen molar-refractivity contribution in [1.29, 1.82) is 5.26 Å². The zero-order valence-corrected chi connectivity index (χ0v) is 14.6. The Kier molecular flexibility index (Phi) is 4.79. The van der Waals surface area contributed by atoms with Crippen molar-refractivity contribution < 1.29 is 0 Å². The number of benzene rings is 1. The molecular formula is C17H16N4S2. The normalized spacial score (nSPS) is 12.0. The molecule has 0 bridgehead atoms. The molecule has 0 fully saturated rings. The number of nitriles is 1. The summed E-state index contributed by atoms with van der Waals surface area (Å²) in [5, 5.41) is 20.6. The lowest BCUT2D eigenvalue weighted by molar-refractivity contribution is 0.791. The molecule has 2 heterocycles. The average molecular weight is 340 g/mol. The molecule has 1 aromatic carbocycles. The average Bonchev–Trinajstić information content (AvgIpc) is 3.19. The van der Waals surface area contributed by atoms with Crippen LogP contribution in [0.1, 0.15) is 11.1 Å². The first-order chi connectivity index (χ1) is 11.2. The lowest BCUT2D eigenvalue weighted by Gasteiger charge is -2.09. The topological polar surface area (TPSA) is 54.5 Å². The number of hydrogen-bond donors (Lipinski definition) is 0. The molecule has 0 aliphatic rings. The molecule has 0 N–H and O–H groups in total. The predicted molar refractivity (Wildman–Crippen MR) is 94.5 cm³/mol. The lowest BCUT2D eigenvalue weighted by atomic mass is 10.1. The van der Waals surface area contributed by atoms with Gasteiger partial charge in [0.05, 0.1) is 10.9 Å². The van der Waals surface area contributed by atoms with Crippen LogP contribution in [-0.4, -0.2) is 20.0 Å². The zero-order chi connectivity index (χ0) is 16.2. The number of nitrogens with zero attached hydrogens (tertiary/aromatic N) is 4. The summed E-state index contributed by atoms with van der Waals surface area (Å²) in [6, 6.07) is 14.7. The van der Waals surface area contributed by atoms with Gasteiger partial charge in [-0.1, -0.05) is 47.7 Å². The van der Waals surface area contributed by atoms with E-state index in [4.69, 9.17) is 0 Å². The molecule has 3 rings (SSSR count). The Hall–Kier alpha value is -2.10. The monoisotopic (exact) mass is 340 g/mol. The van der Waals surface area contributed by atoms with Crippen molar-refractivity contribution in [3.05, 3.63) is 52.9 Å². The van der Waals surface area contributed by atoms with E-state index in [-0.39, 0.29) is 5.25 Å². The maximum Gasteiger partial charge on any atom is 0.192 e. The molecule has 3 aromatic rings. The minimum Gasteiger partial charge on any atom is -0.304 e. The Morgan fingerprint density at radius 3 is 2.70 bits per heavy atom. The second kappa shape index (κ2) is 6.99. The van der Waals surface area contributed by atoms with E-state index in [9.17, 15) is 5.26 Å². The van der Waals surface area contributed by atoms with Gasteiger partial charge in [0.25, 0.3) is 0 Å². The Balaban J connectivity index is 1.75. The van der Waals surface area contributed by atoms with E-state index in [2.05, 4.69) is 47.5 Å². The number of aromatic nitrogens is 3. The van der Waals surface area contributed by atoms with Gasteiger partial charge in [0.1, 0.15) is 5.25 Å². The summed E-state index contributed by atoms with van der Waals surface area (Å²) in [6.07, 6.45) is 0.697. The van der Waals surface area contributed by atoms with Crippen LogP contribution in [0, 0.1) is 18.3 Å². The SMILES string of the molecule is Cc1ccc(C[C@@H](C#N)Sc2nnc(-c3cccs3)n2C)cc1. The van der Waals surface area contributed by atoms with E-state index >= 15 is 0 Å². The molecule has 0 unspecified atom stereocenters. The summed E-state index contributed by atoms with van der Waals surface area (Å²) < 4.78 is 1.95. The smallest absolute Gasteiger partial charge is 0.192 e. The molecule has 6 heteroatoms. The molecular weight excluding hydrogens is 324 g/mol. The van der Waals surface area contributed by atoms with E-state index in [1.165, 1.54) is 17.3 Å². The molecule has 1 atom stereocenters. The fourth-order valence-electron chi connectivity index (χ4n) is 2.22. The maximum atomic E-state index is 9.46. The van der Waals surface area contributed by atoms with Crippen molar-refractivity contribution >= 4 is 23.1 Å². The van der Waals surface area contributed by atoms with Crippen molar-refractivity contribution in [2.75, 3.05) is 0 Å². The largest absolute Gasteiger partial charge is 0.304 e. The summed E-state index contributed by atoms with van der Waals surface area (Å²) in [4.78, 5) is 1.08. The number of rotatable bonds is 5. The van der Waals surface area contributed by atoms with Gasteiger partial charge in [-0.2, -0.15) is 5.26 Å². The van der Waals surface area contributed by atoms with E-state index < -0.39 is 0 Å². The Bertz CT molecular complexity index is 813. The summed E-state index contributed by atoms with van der Waals surface area (Å²) in [5.41, 5.74) is 2.39. The van der Waals surface area contributed by atoms with Crippen LogP contribution in [0.15, 0.2) is 46.9 Å². The molecule has 0 aliphatic carbocycles. The van der Waals surface area contributed by atoms with Crippen molar-refractivity contribution in [1.82, 2.24) is 14.8 Å². The predicted octanol–water partition coefficient (Wildman–Crippen LogP) is 4.08. The van der Waals surface area contributed by atoms with Crippen LogP contribution in [0.4, 0.5) is 0 Å². The highest BCUT2D eigenvalue weighted by Gasteiger charge is 2.17. The molecule has 0 amide bonds. The summed E-state index contributed by atoms with van der Waals surface area (Å²) in [6.45, 7) is 2.06. The molecule has 2 aromatic heterocycles. The van der Waals surface area contributed by atoms with Crippen LogP contribution in [0.25, 0.3) is 10.7 Å². The number of thioether (sulfide) groups is 1.